The number of rotatable bonds is 2. The molecule has 2 rings (SSSR count). The molecular weight excluding hydrogens is 332 g/mol. The fourth-order valence-corrected chi connectivity index (χ4v) is 2.03. The summed E-state index contributed by atoms with van der Waals surface area (Å²) in [7, 11) is 0. The largest absolute Gasteiger partial charge is 0.507 e. The van der Waals surface area contributed by atoms with Crippen molar-refractivity contribution in [2.24, 2.45) is 0 Å². The normalized spacial score (nSPS) is 10.2. The maximum atomic E-state index is 12.0. The zero-order valence-corrected chi connectivity index (χ0v) is 12.0. The van der Waals surface area contributed by atoms with Gasteiger partial charge in [0.05, 0.1) is 16.3 Å². The van der Waals surface area contributed by atoms with E-state index in [-0.39, 0.29) is 11.3 Å². The topological polar surface area (TPSA) is 75.3 Å². The van der Waals surface area contributed by atoms with E-state index >= 15 is 0 Å². The van der Waals surface area contributed by atoms with E-state index in [1.54, 1.807) is 24.3 Å². The Bertz CT molecular complexity index is 647. The van der Waals surface area contributed by atoms with Crippen molar-refractivity contribution in [3.63, 3.8) is 0 Å². The van der Waals surface area contributed by atoms with E-state index in [2.05, 4.69) is 21.2 Å². The highest BCUT2D eigenvalue weighted by Crippen LogP contribution is 2.25. The van der Waals surface area contributed by atoms with Crippen molar-refractivity contribution in [1.82, 2.24) is 0 Å². The Balaban J connectivity index is 2.23. The maximum absolute atomic E-state index is 12.0. The zero-order chi connectivity index (χ0) is 14.0. The Morgan fingerprint density at radius 2 is 2.00 bits per heavy atom. The summed E-state index contributed by atoms with van der Waals surface area (Å²) in [5, 5.41) is 12.7. The molecule has 0 aliphatic heterocycles. The van der Waals surface area contributed by atoms with Gasteiger partial charge in [0.15, 0.2) is 0 Å². The molecule has 0 aromatic heterocycles. The molecule has 0 spiro atoms. The summed E-state index contributed by atoms with van der Waals surface area (Å²) in [5.74, 6) is -0.528. The molecule has 0 saturated heterocycles. The first-order chi connectivity index (χ1) is 8.97. The maximum Gasteiger partial charge on any atom is 0.259 e. The number of hydrogen-bond donors (Lipinski definition) is 3. The van der Waals surface area contributed by atoms with Crippen LogP contribution in [0.5, 0.6) is 5.75 Å². The third-order valence-corrected chi connectivity index (χ3v) is 3.28. The Kier molecular flexibility index (Phi) is 3.97. The first kappa shape index (κ1) is 13.7. The molecule has 0 saturated carbocycles. The summed E-state index contributed by atoms with van der Waals surface area (Å²) in [6.45, 7) is 0. The molecule has 19 heavy (non-hydrogen) atoms. The summed E-state index contributed by atoms with van der Waals surface area (Å²) >= 11 is 9.07. The third kappa shape index (κ3) is 3.19. The lowest BCUT2D eigenvalue weighted by molar-refractivity contribution is 0.102. The van der Waals surface area contributed by atoms with E-state index < -0.39 is 5.91 Å². The fraction of sp³-hybridized carbons (Fsp3) is 0. The lowest BCUT2D eigenvalue weighted by atomic mass is 10.2. The second kappa shape index (κ2) is 5.50. The van der Waals surface area contributed by atoms with E-state index in [0.29, 0.717) is 20.9 Å². The number of aromatic hydroxyl groups is 1. The highest BCUT2D eigenvalue weighted by Gasteiger charge is 2.12. The van der Waals surface area contributed by atoms with Crippen molar-refractivity contribution in [2.45, 2.75) is 0 Å². The van der Waals surface area contributed by atoms with E-state index in [4.69, 9.17) is 17.3 Å². The second-order valence-electron chi connectivity index (χ2n) is 3.85. The molecule has 2 aromatic rings. The molecule has 0 heterocycles. The highest BCUT2D eigenvalue weighted by atomic mass is 79.9. The molecule has 1 amide bonds. The lowest BCUT2D eigenvalue weighted by Crippen LogP contribution is -2.12. The van der Waals surface area contributed by atoms with Crippen molar-refractivity contribution < 1.29 is 9.90 Å². The standard InChI is InChI=1S/C13H10BrClN2O2/c14-7-1-3-9(12(18)5-7)13(19)17-8-2-4-11(16)10(15)6-8/h1-6,18H,16H2,(H,17,19). The quantitative estimate of drug-likeness (QED) is 0.730. The Labute approximate surface area is 123 Å². The minimum Gasteiger partial charge on any atom is -0.507 e. The van der Waals surface area contributed by atoms with Gasteiger partial charge in [-0.1, -0.05) is 27.5 Å². The molecule has 0 atom stereocenters. The predicted octanol–water partition coefficient (Wildman–Crippen LogP) is 3.64. The van der Waals surface area contributed by atoms with Crippen LogP contribution in [0.4, 0.5) is 11.4 Å². The molecule has 0 unspecified atom stereocenters. The molecule has 98 valence electrons. The van der Waals surface area contributed by atoms with Crippen LogP contribution in [0.15, 0.2) is 40.9 Å². The SMILES string of the molecule is Nc1ccc(NC(=O)c2ccc(Br)cc2O)cc1Cl. The molecule has 4 nitrogen and oxygen atoms in total. The van der Waals surface area contributed by atoms with Crippen molar-refractivity contribution in [3.8, 4) is 5.75 Å². The van der Waals surface area contributed by atoms with Gasteiger partial charge in [-0.05, 0) is 36.4 Å². The molecule has 0 aliphatic rings. The van der Waals surface area contributed by atoms with Gasteiger partial charge in [0.2, 0.25) is 0 Å². The number of carbonyl (C=O) groups is 1. The minimum absolute atomic E-state index is 0.103. The molecular formula is C13H10BrClN2O2. The van der Waals surface area contributed by atoms with Crippen LogP contribution in [0, 0.1) is 0 Å². The number of nitrogen functional groups attached to an aromatic ring is 1. The number of hydrogen-bond acceptors (Lipinski definition) is 3. The van der Waals surface area contributed by atoms with E-state index in [9.17, 15) is 9.90 Å². The molecule has 6 heteroatoms. The van der Waals surface area contributed by atoms with Crippen LogP contribution >= 0.6 is 27.5 Å². The summed E-state index contributed by atoms with van der Waals surface area (Å²) in [6, 6.07) is 9.42. The first-order valence-electron chi connectivity index (χ1n) is 5.32. The first-order valence-corrected chi connectivity index (χ1v) is 6.49. The molecule has 0 fully saturated rings. The second-order valence-corrected chi connectivity index (χ2v) is 5.17. The van der Waals surface area contributed by atoms with Crippen LogP contribution in [0.3, 0.4) is 0 Å². The van der Waals surface area contributed by atoms with Gasteiger partial charge < -0.3 is 16.2 Å². The molecule has 0 bridgehead atoms. The number of halogens is 2. The van der Waals surface area contributed by atoms with Crippen molar-refractivity contribution in [2.75, 3.05) is 11.1 Å². The summed E-state index contributed by atoms with van der Waals surface area (Å²) in [5.41, 5.74) is 6.70. The van der Waals surface area contributed by atoms with Crippen LogP contribution < -0.4 is 11.1 Å². The average molecular weight is 342 g/mol. The smallest absolute Gasteiger partial charge is 0.259 e. The number of nitrogens with one attached hydrogen (secondary N) is 1. The van der Waals surface area contributed by atoms with Gasteiger partial charge in [0.25, 0.3) is 5.91 Å². The Hall–Kier alpha value is -1.72. The molecule has 0 aliphatic carbocycles. The van der Waals surface area contributed by atoms with Gasteiger partial charge in [0.1, 0.15) is 5.75 Å². The number of nitrogens with two attached hydrogens (primary N) is 1. The summed E-state index contributed by atoms with van der Waals surface area (Å²) < 4.78 is 0.692. The number of amides is 1. The molecule has 2 aromatic carbocycles. The Morgan fingerprint density at radius 3 is 2.63 bits per heavy atom. The van der Waals surface area contributed by atoms with Gasteiger partial charge in [-0.15, -0.1) is 0 Å². The van der Waals surface area contributed by atoms with Crippen LogP contribution in [-0.2, 0) is 0 Å². The Morgan fingerprint density at radius 1 is 1.26 bits per heavy atom. The summed E-state index contributed by atoms with van der Waals surface area (Å²) in [4.78, 5) is 12.0. The summed E-state index contributed by atoms with van der Waals surface area (Å²) in [6.07, 6.45) is 0. The number of phenols is 1. The zero-order valence-electron chi connectivity index (χ0n) is 9.65. The average Bonchev–Trinajstić information content (AvgIpc) is 2.33. The van der Waals surface area contributed by atoms with Crippen molar-refractivity contribution in [1.29, 1.82) is 0 Å². The molecule has 0 radical (unpaired) electrons. The van der Waals surface area contributed by atoms with Gasteiger partial charge in [-0.25, -0.2) is 0 Å². The van der Waals surface area contributed by atoms with Crippen LogP contribution in [-0.4, -0.2) is 11.0 Å². The minimum atomic E-state index is -0.425. The third-order valence-electron chi connectivity index (χ3n) is 2.46. The van der Waals surface area contributed by atoms with Gasteiger partial charge in [-0.3, -0.25) is 4.79 Å². The molecule has 4 N–H and O–H groups in total. The number of carbonyl (C=O) groups excluding carboxylic acids is 1. The van der Waals surface area contributed by atoms with Crippen LogP contribution in [0.25, 0.3) is 0 Å². The van der Waals surface area contributed by atoms with Crippen molar-refractivity contribution in [3.05, 3.63) is 51.5 Å². The predicted molar refractivity (Wildman–Crippen MR) is 79.6 cm³/mol. The van der Waals surface area contributed by atoms with Gasteiger partial charge >= 0.3 is 0 Å². The monoisotopic (exact) mass is 340 g/mol. The number of phenolic OH excluding ortho intramolecular Hbond substituents is 1. The number of anilines is 2. The van der Waals surface area contributed by atoms with E-state index in [0.717, 1.165) is 0 Å². The van der Waals surface area contributed by atoms with E-state index in [1.807, 2.05) is 0 Å². The van der Waals surface area contributed by atoms with Gasteiger partial charge in [-0.2, -0.15) is 0 Å². The fourth-order valence-electron chi connectivity index (χ4n) is 1.50. The lowest BCUT2D eigenvalue weighted by Gasteiger charge is -2.08. The highest BCUT2D eigenvalue weighted by molar-refractivity contribution is 9.10. The van der Waals surface area contributed by atoms with E-state index in [1.165, 1.54) is 12.1 Å². The number of benzene rings is 2. The van der Waals surface area contributed by atoms with Crippen molar-refractivity contribution >= 4 is 44.8 Å². The van der Waals surface area contributed by atoms with Crippen LogP contribution in [0.1, 0.15) is 10.4 Å². The van der Waals surface area contributed by atoms with Gasteiger partial charge in [0, 0.05) is 10.2 Å². The van der Waals surface area contributed by atoms with Crippen LogP contribution in [0.2, 0.25) is 5.02 Å².